The minimum absolute atomic E-state index is 0.00778. The smallest absolute Gasteiger partial charge is 0.307 e. The molecule has 2 aliphatic carbocycles. The Balaban J connectivity index is 1.82. The summed E-state index contributed by atoms with van der Waals surface area (Å²) in [5, 5.41) is 23.2. The average molecular weight is 288 g/mol. The first kappa shape index (κ1) is 12.9. The van der Waals surface area contributed by atoms with E-state index >= 15 is 0 Å². The Kier molecular flexibility index (Phi) is 3.07. The molecule has 4 atom stereocenters. The lowest BCUT2D eigenvalue weighted by Gasteiger charge is -2.23. The van der Waals surface area contributed by atoms with Crippen LogP contribution in [0, 0.1) is 35.0 Å². The molecule has 2 aliphatic rings. The number of carboxylic acid groups (broad SMARTS) is 1. The Hall–Kier alpha value is -2.13. The summed E-state index contributed by atoms with van der Waals surface area (Å²) in [4.78, 5) is 23.7. The number of allylic oxidation sites excluding steroid dienone is 2. The van der Waals surface area contributed by atoms with Crippen molar-refractivity contribution in [2.45, 2.75) is 6.42 Å². The van der Waals surface area contributed by atoms with Crippen molar-refractivity contribution in [3.8, 4) is 6.07 Å². The van der Waals surface area contributed by atoms with Crippen LogP contribution in [0.4, 0.5) is 5.00 Å². The van der Waals surface area contributed by atoms with E-state index in [2.05, 4.69) is 5.32 Å². The molecule has 6 heteroatoms. The summed E-state index contributed by atoms with van der Waals surface area (Å²) < 4.78 is 0. The molecule has 4 unspecified atom stereocenters. The molecule has 2 N–H and O–H groups in total. The summed E-state index contributed by atoms with van der Waals surface area (Å²) in [6.07, 6.45) is 4.57. The summed E-state index contributed by atoms with van der Waals surface area (Å²) in [7, 11) is 0. The second kappa shape index (κ2) is 4.76. The van der Waals surface area contributed by atoms with Gasteiger partial charge in [-0.05, 0) is 29.7 Å². The van der Waals surface area contributed by atoms with Crippen LogP contribution in [0.15, 0.2) is 23.6 Å². The normalized spacial score (nSPS) is 30.1. The van der Waals surface area contributed by atoms with E-state index in [1.807, 2.05) is 18.2 Å². The second-order valence-electron chi connectivity index (χ2n) is 5.10. The molecule has 1 aromatic rings. The number of rotatable bonds is 3. The van der Waals surface area contributed by atoms with Gasteiger partial charge in [-0.3, -0.25) is 9.59 Å². The maximum Gasteiger partial charge on any atom is 0.307 e. The fraction of sp³-hybridized carbons (Fsp3) is 0.357. The Morgan fingerprint density at radius 1 is 1.35 bits per heavy atom. The van der Waals surface area contributed by atoms with Crippen molar-refractivity contribution in [1.29, 1.82) is 5.26 Å². The van der Waals surface area contributed by atoms with Crippen LogP contribution in [0.25, 0.3) is 0 Å². The third-order valence-electron chi connectivity index (χ3n) is 4.07. The first-order valence-corrected chi connectivity index (χ1v) is 7.19. The highest BCUT2D eigenvalue weighted by atomic mass is 32.1. The highest BCUT2D eigenvalue weighted by molar-refractivity contribution is 7.14. The van der Waals surface area contributed by atoms with Crippen molar-refractivity contribution < 1.29 is 14.7 Å². The fourth-order valence-corrected chi connectivity index (χ4v) is 3.95. The van der Waals surface area contributed by atoms with Gasteiger partial charge in [-0.1, -0.05) is 12.2 Å². The molecule has 1 aromatic heterocycles. The molecule has 1 amide bonds. The van der Waals surface area contributed by atoms with E-state index < -0.39 is 17.8 Å². The topological polar surface area (TPSA) is 90.2 Å². The number of nitriles is 1. The van der Waals surface area contributed by atoms with Gasteiger partial charge in [0, 0.05) is 0 Å². The van der Waals surface area contributed by atoms with Gasteiger partial charge in [0.05, 0.1) is 17.4 Å². The van der Waals surface area contributed by atoms with Gasteiger partial charge in [0.15, 0.2) is 0 Å². The average Bonchev–Trinajstić information content (AvgIpc) is 3.12. The van der Waals surface area contributed by atoms with E-state index in [0.29, 0.717) is 10.6 Å². The quantitative estimate of drug-likeness (QED) is 0.833. The monoisotopic (exact) mass is 288 g/mol. The molecular formula is C14H12N2O3S. The van der Waals surface area contributed by atoms with Crippen LogP contribution < -0.4 is 5.32 Å². The number of aliphatic carboxylic acids is 1. The summed E-state index contributed by atoms with van der Waals surface area (Å²) in [6.45, 7) is 0. The van der Waals surface area contributed by atoms with E-state index in [-0.39, 0.29) is 17.7 Å². The highest BCUT2D eigenvalue weighted by Crippen LogP contribution is 2.48. The molecule has 0 radical (unpaired) electrons. The van der Waals surface area contributed by atoms with E-state index in [4.69, 9.17) is 5.26 Å². The van der Waals surface area contributed by atoms with E-state index in [1.54, 1.807) is 11.4 Å². The van der Waals surface area contributed by atoms with E-state index in [1.165, 1.54) is 11.3 Å². The molecule has 5 nitrogen and oxygen atoms in total. The highest BCUT2D eigenvalue weighted by Gasteiger charge is 2.51. The maximum atomic E-state index is 12.4. The number of nitrogens with zero attached hydrogens (tertiary/aromatic N) is 1. The minimum atomic E-state index is -0.923. The molecule has 0 aromatic carbocycles. The largest absolute Gasteiger partial charge is 0.481 e. The van der Waals surface area contributed by atoms with Gasteiger partial charge in [0.2, 0.25) is 5.91 Å². The van der Waals surface area contributed by atoms with Crippen LogP contribution >= 0.6 is 11.3 Å². The summed E-state index contributed by atoms with van der Waals surface area (Å²) in [5.74, 6) is -2.48. The lowest BCUT2D eigenvalue weighted by atomic mass is 9.82. The van der Waals surface area contributed by atoms with Crippen LogP contribution in [0.5, 0.6) is 0 Å². The summed E-state index contributed by atoms with van der Waals surface area (Å²) in [5.41, 5.74) is 0.411. The summed E-state index contributed by atoms with van der Waals surface area (Å²) in [6, 6.07) is 3.64. The van der Waals surface area contributed by atoms with Crippen LogP contribution in [-0.2, 0) is 9.59 Å². The molecule has 0 spiro atoms. The maximum absolute atomic E-state index is 12.4. The Morgan fingerprint density at radius 3 is 2.70 bits per heavy atom. The van der Waals surface area contributed by atoms with Crippen molar-refractivity contribution in [3.63, 3.8) is 0 Å². The standard InChI is InChI=1S/C14H12N2O3S/c15-6-9-3-4-20-13(9)16-12(17)10-7-1-2-8(5-7)11(10)14(18)19/h1-4,7-8,10-11H,5H2,(H,16,17)(H,18,19). The second-order valence-corrected chi connectivity index (χ2v) is 6.02. The van der Waals surface area contributed by atoms with Crippen LogP contribution in [0.3, 0.4) is 0 Å². The number of carbonyl (C=O) groups excluding carboxylic acids is 1. The van der Waals surface area contributed by atoms with Gasteiger partial charge >= 0.3 is 5.97 Å². The number of carbonyl (C=O) groups is 2. The van der Waals surface area contributed by atoms with Crippen molar-refractivity contribution >= 4 is 28.2 Å². The Labute approximate surface area is 119 Å². The van der Waals surface area contributed by atoms with Crippen molar-refractivity contribution in [2.24, 2.45) is 23.7 Å². The zero-order valence-corrected chi connectivity index (χ0v) is 11.3. The van der Waals surface area contributed by atoms with Gasteiger partial charge < -0.3 is 10.4 Å². The van der Waals surface area contributed by atoms with Crippen molar-refractivity contribution in [1.82, 2.24) is 0 Å². The predicted molar refractivity (Wildman–Crippen MR) is 73.0 cm³/mol. The molecule has 2 bridgehead atoms. The molecular weight excluding hydrogens is 276 g/mol. The number of carboxylic acids is 1. The number of amides is 1. The Bertz CT molecular complexity index is 643. The van der Waals surface area contributed by atoms with Crippen LogP contribution in [0.1, 0.15) is 12.0 Å². The minimum Gasteiger partial charge on any atom is -0.481 e. The molecule has 0 saturated heterocycles. The van der Waals surface area contributed by atoms with Gasteiger partial charge in [-0.15, -0.1) is 11.3 Å². The van der Waals surface area contributed by atoms with Crippen LogP contribution in [0.2, 0.25) is 0 Å². The fourth-order valence-electron chi connectivity index (χ4n) is 3.21. The van der Waals surface area contributed by atoms with Crippen molar-refractivity contribution in [2.75, 3.05) is 5.32 Å². The first-order chi connectivity index (χ1) is 9.61. The number of hydrogen-bond donors (Lipinski definition) is 2. The third kappa shape index (κ3) is 1.91. The molecule has 1 saturated carbocycles. The number of fused-ring (bicyclic) bond motifs is 2. The molecule has 102 valence electrons. The zero-order chi connectivity index (χ0) is 14.3. The molecule has 1 fully saturated rings. The lowest BCUT2D eigenvalue weighted by molar-refractivity contribution is -0.146. The lowest BCUT2D eigenvalue weighted by Crippen LogP contribution is -2.36. The molecule has 3 rings (SSSR count). The van der Waals surface area contributed by atoms with Gasteiger partial charge in [-0.2, -0.15) is 5.26 Å². The first-order valence-electron chi connectivity index (χ1n) is 6.31. The molecule has 20 heavy (non-hydrogen) atoms. The predicted octanol–water partition coefficient (Wildman–Crippen LogP) is 2.08. The number of hydrogen-bond acceptors (Lipinski definition) is 4. The van der Waals surface area contributed by atoms with Crippen molar-refractivity contribution in [3.05, 3.63) is 29.2 Å². The SMILES string of the molecule is N#Cc1ccsc1NC(=O)C1C2C=CC(C2)C1C(=O)O. The number of anilines is 1. The third-order valence-corrected chi connectivity index (χ3v) is 4.90. The van der Waals surface area contributed by atoms with Gasteiger partial charge in [0.1, 0.15) is 11.1 Å². The summed E-state index contributed by atoms with van der Waals surface area (Å²) >= 11 is 1.27. The molecule has 1 heterocycles. The van der Waals surface area contributed by atoms with E-state index in [9.17, 15) is 14.7 Å². The molecule has 0 aliphatic heterocycles. The number of nitrogens with one attached hydrogen (secondary N) is 1. The van der Waals surface area contributed by atoms with E-state index in [0.717, 1.165) is 6.42 Å². The zero-order valence-electron chi connectivity index (χ0n) is 10.4. The van der Waals surface area contributed by atoms with Crippen LogP contribution in [-0.4, -0.2) is 17.0 Å². The Morgan fingerprint density at radius 2 is 2.05 bits per heavy atom. The van der Waals surface area contributed by atoms with Gasteiger partial charge in [-0.25, -0.2) is 0 Å². The van der Waals surface area contributed by atoms with Gasteiger partial charge in [0.25, 0.3) is 0 Å². The number of thiophene rings is 1.